The van der Waals surface area contributed by atoms with Crippen LogP contribution in [-0.2, 0) is 0 Å². The number of benzene rings is 2. The van der Waals surface area contributed by atoms with Crippen molar-refractivity contribution >= 4 is 29.1 Å². The Morgan fingerprint density at radius 1 is 1.12 bits per heavy atom. The second kappa shape index (κ2) is 9.77. The zero-order valence-electron chi connectivity index (χ0n) is 19.5. The summed E-state index contributed by atoms with van der Waals surface area (Å²) >= 11 is 6.23. The number of nitrogens with zero attached hydrogens (tertiary/aromatic N) is 3. The Morgan fingerprint density at radius 2 is 1.85 bits per heavy atom. The van der Waals surface area contributed by atoms with Crippen molar-refractivity contribution in [2.45, 2.75) is 32.4 Å². The largest absolute Gasteiger partial charge is 0.493 e. The van der Waals surface area contributed by atoms with Crippen LogP contribution in [0.15, 0.2) is 48.7 Å². The van der Waals surface area contributed by atoms with Crippen LogP contribution in [0.3, 0.4) is 0 Å². The van der Waals surface area contributed by atoms with Gasteiger partial charge in [-0.1, -0.05) is 23.7 Å². The van der Waals surface area contributed by atoms with Crippen molar-refractivity contribution in [1.82, 2.24) is 15.1 Å². The molecular weight excluding hydrogens is 456 g/mol. The summed E-state index contributed by atoms with van der Waals surface area (Å²) < 4.78 is 12.5. The topological polar surface area (TPSA) is 85.7 Å². The van der Waals surface area contributed by atoms with Crippen LogP contribution in [0, 0.1) is 0 Å². The van der Waals surface area contributed by atoms with Gasteiger partial charge in [0.25, 0.3) is 11.8 Å². The normalized spacial score (nSPS) is 15.1. The Hall–Kier alpha value is -3.52. The minimum atomic E-state index is -0.321. The number of carbonyl (C=O) groups is 2. The maximum atomic E-state index is 13.5. The van der Waals surface area contributed by atoms with Gasteiger partial charge in [-0.15, -0.1) is 0 Å². The number of anilines is 1. The molecule has 1 aromatic heterocycles. The van der Waals surface area contributed by atoms with Crippen LogP contribution >= 0.6 is 11.6 Å². The third kappa shape index (κ3) is 4.33. The highest BCUT2D eigenvalue weighted by Crippen LogP contribution is 2.37. The zero-order chi connectivity index (χ0) is 24.4. The van der Waals surface area contributed by atoms with E-state index in [0.717, 1.165) is 5.69 Å². The number of hydrogen-bond acceptors (Lipinski definition) is 5. The predicted octanol–water partition coefficient (Wildman–Crippen LogP) is 4.66. The molecule has 0 spiro atoms. The number of hydrogen-bond donors (Lipinski definition) is 1. The van der Waals surface area contributed by atoms with Crippen LogP contribution in [-0.4, -0.2) is 42.4 Å². The molecule has 1 N–H and O–H groups in total. The smallest absolute Gasteiger partial charge is 0.258 e. The van der Waals surface area contributed by atoms with Crippen molar-refractivity contribution in [3.8, 4) is 11.5 Å². The maximum absolute atomic E-state index is 13.5. The lowest BCUT2D eigenvalue weighted by Gasteiger charge is -2.33. The molecule has 8 nitrogen and oxygen atoms in total. The van der Waals surface area contributed by atoms with Gasteiger partial charge >= 0.3 is 0 Å². The van der Waals surface area contributed by atoms with Crippen LogP contribution in [0.5, 0.6) is 11.5 Å². The van der Waals surface area contributed by atoms with E-state index in [1.165, 1.54) is 7.11 Å². The first kappa shape index (κ1) is 23.6. The number of carbonyl (C=O) groups excluding carboxylic acids is 2. The molecule has 0 saturated carbocycles. The van der Waals surface area contributed by atoms with E-state index in [-0.39, 0.29) is 23.9 Å². The minimum absolute atomic E-state index is 0.0413. The van der Waals surface area contributed by atoms with Gasteiger partial charge in [-0.3, -0.25) is 14.3 Å². The van der Waals surface area contributed by atoms with E-state index in [1.54, 1.807) is 60.7 Å². The number of amides is 2. The molecule has 9 heteroatoms. The molecule has 0 saturated heterocycles. The van der Waals surface area contributed by atoms with Crippen LogP contribution < -0.4 is 19.7 Å². The number of aromatic nitrogens is 2. The maximum Gasteiger partial charge on any atom is 0.258 e. The minimum Gasteiger partial charge on any atom is -0.493 e. The summed E-state index contributed by atoms with van der Waals surface area (Å²) in [4.78, 5) is 28.2. The second-order valence-electron chi connectivity index (χ2n) is 8.27. The van der Waals surface area contributed by atoms with Crippen molar-refractivity contribution in [3.05, 3.63) is 70.5 Å². The van der Waals surface area contributed by atoms with E-state index < -0.39 is 0 Å². The van der Waals surface area contributed by atoms with E-state index in [9.17, 15) is 9.59 Å². The Labute approximate surface area is 203 Å². The quantitative estimate of drug-likeness (QED) is 0.552. The summed E-state index contributed by atoms with van der Waals surface area (Å²) in [5.74, 6) is 0.584. The lowest BCUT2D eigenvalue weighted by molar-refractivity contribution is 0.0931. The van der Waals surface area contributed by atoms with Gasteiger partial charge in [0.05, 0.1) is 48.4 Å². The third-order valence-corrected chi connectivity index (χ3v) is 6.19. The molecule has 1 aliphatic rings. The molecular formula is C25H27ClN4O4. The summed E-state index contributed by atoms with van der Waals surface area (Å²) in [5, 5.41) is 8.01. The van der Waals surface area contributed by atoms with Gasteiger partial charge in [0.2, 0.25) is 0 Å². The number of fused-ring (bicyclic) bond motifs is 1. The van der Waals surface area contributed by atoms with Gasteiger partial charge < -0.3 is 19.7 Å². The summed E-state index contributed by atoms with van der Waals surface area (Å²) in [6.07, 6.45) is 2.21. The standard InChI is InChI=1S/C25H27ClN4O4/c1-15(2)30-23-19(28-24(31)17-7-5-6-8-18(17)26)11-12-29(20(23)14-27-30)25(32)16-9-10-21(33-3)22(13-16)34-4/h5-10,13-15,19H,11-12H2,1-4H3,(H,28,31)/t19-/m1/s1. The van der Waals surface area contributed by atoms with E-state index in [4.69, 9.17) is 21.1 Å². The highest BCUT2D eigenvalue weighted by molar-refractivity contribution is 6.33. The molecule has 2 heterocycles. The first-order valence-corrected chi connectivity index (χ1v) is 11.4. The molecule has 34 heavy (non-hydrogen) atoms. The zero-order valence-corrected chi connectivity index (χ0v) is 20.3. The summed E-state index contributed by atoms with van der Waals surface area (Å²) in [6, 6.07) is 11.7. The van der Waals surface area contributed by atoms with Gasteiger partial charge in [0, 0.05) is 18.2 Å². The molecule has 0 fully saturated rings. The summed E-state index contributed by atoms with van der Waals surface area (Å²) in [5.41, 5.74) is 2.34. The Bertz CT molecular complexity index is 1220. The van der Waals surface area contributed by atoms with Crippen LogP contribution in [0.1, 0.15) is 58.8 Å². The van der Waals surface area contributed by atoms with Gasteiger partial charge in [-0.2, -0.15) is 5.10 Å². The number of rotatable bonds is 6. The molecule has 0 unspecified atom stereocenters. The molecule has 3 aromatic rings. The van der Waals surface area contributed by atoms with Gasteiger partial charge in [-0.05, 0) is 50.6 Å². The molecule has 1 atom stereocenters. The first-order chi connectivity index (χ1) is 16.3. The monoisotopic (exact) mass is 482 g/mol. The SMILES string of the molecule is COc1ccc(C(=O)N2CC[C@@H](NC(=O)c3ccccc3Cl)c3c2cnn3C(C)C)cc1OC. The number of nitrogens with one attached hydrogen (secondary N) is 1. The predicted molar refractivity (Wildman–Crippen MR) is 130 cm³/mol. The average Bonchev–Trinajstić information content (AvgIpc) is 3.29. The van der Waals surface area contributed by atoms with Crippen molar-refractivity contribution < 1.29 is 19.1 Å². The lowest BCUT2D eigenvalue weighted by Crippen LogP contribution is -2.41. The fourth-order valence-corrected chi connectivity index (χ4v) is 4.42. The van der Waals surface area contributed by atoms with Crippen LogP contribution in [0.4, 0.5) is 5.69 Å². The molecule has 1 aliphatic heterocycles. The third-order valence-electron chi connectivity index (χ3n) is 5.86. The van der Waals surface area contributed by atoms with E-state index in [1.807, 2.05) is 18.5 Å². The molecule has 0 radical (unpaired) electrons. The van der Waals surface area contributed by atoms with Crippen LogP contribution in [0.25, 0.3) is 0 Å². The van der Waals surface area contributed by atoms with E-state index in [2.05, 4.69) is 10.4 Å². The average molecular weight is 483 g/mol. The van der Waals surface area contributed by atoms with Crippen molar-refractivity contribution in [1.29, 1.82) is 0 Å². The van der Waals surface area contributed by atoms with E-state index >= 15 is 0 Å². The molecule has 4 rings (SSSR count). The summed E-state index contributed by atoms with van der Waals surface area (Å²) in [6.45, 7) is 4.43. The lowest BCUT2D eigenvalue weighted by atomic mass is 10.0. The molecule has 2 amide bonds. The first-order valence-electron chi connectivity index (χ1n) is 11.0. The highest BCUT2D eigenvalue weighted by Gasteiger charge is 2.35. The van der Waals surface area contributed by atoms with Gasteiger partial charge in [0.15, 0.2) is 11.5 Å². The molecule has 0 aliphatic carbocycles. The molecule has 0 bridgehead atoms. The van der Waals surface area contributed by atoms with Crippen molar-refractivity contribution in [3.63, 3.8) is 0 Å². The fourth-order valence-electron chi connectivity index (χ4n) is 4.19. The van der Waals surface area contributed by atoms with Crippen molar-refractivity contribution in [2.24, 2.45) is 0 Å². The second-order valence-corrected chi connectivity index (χ2v) is 8.68. The number of methoxy groups -OCH3 is 2. The van der Waals surface area contributed by atoms with Crippen molar-refractivity contribution in [2.75, 3.05) is 25.7 Å². The highest BCUT2D eigenvalue weighted by atomic mass is 35.5. The molecule has 2 aromatic carbocycles. The summed E-state index contributed by atoms with van der Waals surface area (Å²) in [7, 11) is 3.08. The number of ether oxygens (including phenoxy) is 2. The van der Waals surface area contributed by atoms with Gasteiger partial charge in [-0.25, -0.2) is 0 Å². The Morgan fingerprint density at radius 3 is 2.53 bits per heavy atom. The number of halogens is 1. The van der Waals surface area contributed by atoms with E-state index in [0.29, 0.717) is 46.3 Å². The van der Waals surface area contributed by atoms with Gasteiger partial charge in [0.1, 0.15) is 0 Å². The van der Waals surface area contributed by atoms with Crippen LogP contribution in [0.2, 0.25) is 5.02 Å². The Kier molecular flexibility index (Phi) is 6.79. The molecule has 178 valence electrons. The fraction of sp³-hybridized carbons (Fsp3) is 0.320. The Balaban J connectivity index is 1.67.